The number of hydrogen-bond acceptors (Lipinski definition) is 5. The van der Waals surface area contributed by atoms with Crippen LogP contribution < -0.4 is 22.5 Å². The third-order valence-electron chi connectivity index (χ3n) is 11.5. The SMILES string of the molecule is CC.CC.CC(C)(NC1CCC(C(C)(N)C(C)(C)c2ccccc2)CC1)C(C)(N)C1CCC(N)(c2ccc(O)cc2)CC1. The van der Waals surface area contributed by atoms with Crippen LogP contribution in [0.3, 0.4) is 0 Å². The van der Waals surface area contributed by atoms with Crippen LogP contribution in [-0.2, 0) is 11.0 Å². The molecule has 2 unspecified atom stereocenters. The van der Waals surface area contributed by atoms with Gasteiger partial charge in [-0.15, -0.1) is 0 Å². The van der Waals surface area contributed by atoms with Crippen molar-refractivity contribution in [2.45, 2.75) is 154 Å². The van der Waals surface area contributed by atoms with Gasteiger partial charge in [-0.1, -0.05) is 84.0 Å². The summed E-state index contributed by atoms with van der Waals surface area (Å²) < 4.78 is 0. The number of hydrogen-bond donors (Lipinski definition) is 5. The standard InChI is InChI=1S/C34H54N4O.2C2H6/c1-30(2,24-10-8-7-9-11-24)32(5,35)25-12-16-28(17-13-25)38-31(3,4)33(6,36)26-20-22-34(37,23-21-26)27-14-18-29(39)19-15-27;2*1-2/h7-11,14-15,18-19,25-26,28,38-39H,12-13,16-17,20-23,35-37H2,1-6H3;2*1-2H3. The summed E-state index contributed by atoms with van der Waals surface area (Å²) in [4.78, 5) is 0. The molecule has 5 heteroatoms. The number of nitrogens with one attached hydrogen (secondary N) is 1. The molecule has 0 radical (unpaired) electrons. The van der Waals surface area contributed by atoms with Gasteiger partial charge in [-0.3, -0.25) is 0 Å². The van der Waals surface area contributed by atoms with Gasteiger partial charge >= 0.3 is 0 Å². The van der Waals surface area contributed by atoms with Gasteiger partial charge in [-0.25, -0.2) is 0 Å². The second kappa shape index (κ2) is 14.9. The minimum absolute atomic E-state index is 0.104. The first kappa shape index (κ1) is 37.3. The third kappa shape index (κ3) is 8.03. The Balaban J connectivity index is 0.00000155. The van der Waals surface area contributed by atoms with E-state index in [0.717, 1.165) is 56.9 Å². The fourth-order valence-electron chi connectivity index (χ4n) is 7.50. The number of benzene rings is 2. The lowest BCUT2D eigenvalue weighted by Crippen LogP contribution is -2.69. The molecule has 2 aromatic carbocycles. The molecule has 8 N–H and O–H groups in total. The van der Waals surface area contributed by atoms with Gasteiger partial charge in [0.2, 0.25) is 0 Å². The molecule has 2 aliphatic carbocycles. The van der Waals surface area contributed by atoms with Gasteiger partial charge in [0.05, 0.1) is 0 Å². The lowest BCUT2D eigenvalue weighted by Gasteiger charge is -2.53. The second-order valence-electron chi connectivity index (χ2n) is 14.4. The van der Waals surface area contributed by atoms with E-state index in [0.29, 0.717) is 17.9 Å². The maximum atomic E-state index is 9.68. The Morgan fingerprint density at radius 1 is 0.674 bits per heavy atom. The molecule has 0 aromatic heterocycles. The first-order valence-electron chi connectivity index (χ1n) is 17.1. The van der Waals surface area contributed by atoms with Crippen molar-refractivity contribution in [3.05, 3.63) is 65.7 Å². The lowest BCUT2D eigenvalue weighted by molar-refractivity contribution is 0.0713. The number of rotatable bonds is 8. The number of phenolic OH excluding ortho intramolecular Hbond substituents is 1. The highest BCUT2D eigenvalue weighted by molar-refractivity contribution is 5.32. The highest BCUT2D eigenvalue weighted by Crippen LogP contribution is 2.46. The molecule has 5 nitrogen and oxygen atoms in total. The van der Waals surface area contributed by atoms with E-state index < -0.39 is 0 Å². The zero-order valence-corrected chi connectivity index (χ0v) is 29.3. The van der Waals surface area contributed by atoms with Crippen LogP contribution in [0.2, 0.25) is 0 Å². The van der Waals surface area contributed by atoms with E-state index in [1.54, 1.807) is 12.1 Å². The van der Waals surface area contributed by atoms with Crippen LogP contribution in [0.4, 0.5) is 0 Å². The second-order valence-corrected chi connectivity index (χ2v) is 14.4. The molecule has 4 rings (SSSR count). The highest BCUT2D eigenvalue weighted by atomic mass is 16.3. The van der Waals surface area contributed by atoms with Gasteiger partial charge < -0.3 is 27.6 Å². The van der Waals surface area contributed by atoms with Crippen LogP contribution in [0.25, 0.3) is 0 Å². The van der Waals surface area contributed by atoms with Crippen molar-refractivity contribution in [3.8, 4) is 5.75 Å². The van der Waals surface area contributed by atoms with Crippen molar-refractivity contribution in [2.75, 3.05) is 0 Å². The first-order chi connectivity index (χ1) is 20.1. The molecule has 2 saturated carbocycles. The van der Waals surface area contributed by atoms with E-state index in [2.05, 4.69) is 77.2 Å². The quantitative estimate of drug-likeness (QED) is 0.212. The average Bonchev–Trinajstić information content (AvgIpc) is 3.00. The molecule has 0 spiro atoms. The summed E-state index contributed by atoms with van der Waals surface area (Å²) in [6.45, 7) is 21.7. The molecule has 2 aliphatic rings. The number of aromatic hydroxyl groups is 1. The van der Waals surface area contributed by atoms with Crippen molar-refractivity contribution in [1.29, 1.82) is 0 Å². The molecular formula is C38H66N4O. The normalized spacial score (nSPS) is 27.3. The largest absolute Gasteiger partial charge is 0.508 e. The fourth-order valence-corrected chi connectivity index (χ4v) is 7.50. The third-order valence-corrected chi connectivity index (χ3v) is 11.5. The Morgan fingerprint density at radius 3 is 1.63 bits per heavy atom. The van der Waals surface area contributed by atoms with Crippen molar-refractivity contribution < 1.29 is 5.11 Å². The Kier molecular flexibility index (Phi) is 12.9. The molecule has 2 fully saturated rings. The van der Waals surface area contributed by atoms with Crippen LogP contribution in [0.15, 0.2) is 54.6 Å². The molecule has 0 bridgehead atoms. The maximum Gasteiger partial charge on any atom is 0.115 e. The molecular weight excluding hydrogens is 528 g/mol. The fraction of sp³-hybridized carbons (Fsp3) is 0.684. The summed E-state index contributed by atoms with van der Waals surface area (Å²) in [6.07, 6.45) is 8.32. The van der Waals surface area contributed by atoms with Crippen LogP contribution in [0.5, 0.6) is 5.75 Å². The van der Waals surface area contributed by atoms with Gasteiger partial charge in [0.25, 0.3) is 0 Å². The van der Waals surface area contributed by atoms with E-state index in [4.69, 9.17) is 17.2 Å². The topological polar surface area (TPSA) is 110 Å². The summed E-state index contributed by atoms with van der Waals surface area (Å²) >= 11 is 0. The van der Waals surface area contributed by atoms with E-state index in [1.165, 1.54) is 5.56 Å². The average molecular weight is 595 g/mol. The van der Waals surface area contributed by atoms with Gasteiger partial charge in [0.15, 0.2) is 0 Å². The summed E-state index contributed by atoms with van der Waals surface area (Å²) in [7, 11) is 0. The smallest absolute Gasteiger partial charge is 0.115 e. The van der Waals surface area contributed by atoms with Crippen LogP contribution >= 0.6 is 0 Å². The molecule has 244 valence electrons. The van der Waals surface area contributed by atoms with Gasteiger partial charge in [0, 0.05) is 33.6 Å². The molecule has 2 atom stereocenters. The predicted molar refractivity (Wildman–Crippen MR) is 186 cm³/mol. The number of phenols is 1. The molecule has 0 amide bonds. The zero-order chi connectivity index (χ0) is 32.7. The van der Waals surface area contributed by atoms with Crippen molar-refractivity contribution in [1.82, 2.24) is 5.32 Å². The summed E-state index contributed by atoms with van der Waals surface area (Å²) in [6, 6.07) is 18.6. The predicted octanol–water partition coefficient (Wildman–Crippen LogP) is 8.13. The summed E-state index contributed by atoms with van der Waals surface area (Å²) in [5.74, 6) is 1.15. The lowest BCUT2D eigenvalue weighted by atomic mass is 9.60. The minimum atomic E-state index is -0.363. The minimum Gasteiger partial charge on any atom is -0.508 e. The first-order valence-corrected chi connectivity index (χ1v) is 17.1. The van der Waals surface area contributed by atoms with Crippen molar-refractivity contribution in [2.24, 2.45) is 29.0 Å². The van der Waals surface area contributed by atoms with Gasteiger partial charge in [-0.05, 0) is 114 Å². The van der Waals surface area contributed by atoms with E-state index >= 15 is 0 Å². The Bertz CT molecular complexity index is 1070. The van der Waals surface area contributed by atoms with Gasteiger partial charge in [0.1, 0.15) is 5.75 Å². The zero-order valence-electron chi connectivity index (χ0n) is 29.3. The Labute approximate surface area is 264 Å². The summed E-state index contributed by atoms with van der Waals surface area (Å²) in [5, 5.41) is 13.7. The molecule has 2 aromatic rings. The molecule has 0 aliphatic heterocycles. The van der Waals surface area contributed by atoms with E-state index in [9.17, 15) is 5.11 Å². The Morgan fingerprint density at radius 2 is 1.14 bits per heavy atom. The Hall–Kier alpha value is -1.92. The molecule has 0 saturated heterocycles. The summed E-state index contributed by atoms with van der Waals surface area (Å²) in [5.41, 5.74) is 22.3. The maximum absolute atomic E-state index is 9.68. The van der Waals surface area contributed by atoms with E-state index in [1.807, 2.05) is 39.8 Å². The molecule has 0 heterocycles. The van der Waals surface area contributed by atoms with Crippen LogP contribution in [0, 0.1) is 11.8 Å². The van der Waals surface area contributed by atoms with Gasteiger partial charge in [-0.2, -0.15) is 0 Å². The van der Waals surface area contributed by atoms with Crippen LogP contribution in [-0.4, -0.2) is 27.8 Å². The monoisotopic (exact) mass is 595 g/mol. The van der Waals surface area contributed by atoms with E-state index in [-0.39, 0.29) is 33.3 Å². The number of nitrogens with two attached hydrogens (primary N) is 3. The highest BCUT2D eigenvalue weighted by Gasteiger charge is 2.49. The molecule has 43 heavy (non-hydrogen) atoms. The van der Waals surface area contributed by atoms with Crippen molar-refractivity contribution >= 4 is 0 Å². The van der Waals surface area contributed by atoms with Crippen LogP contribution in [0.1, 0.15) is 132 Å². The van der Waals surface area contributed by atoms with Crippen molar-refractivity contribution in [3.63, 3.8) is 0 Å².